The molecular weight excluding hydrogens is 380 g/mol. The van der Waals surface area contributed by atoms with Crippen LogP contribution in [0.3, 0.4) is 0 Å². The quantitative estimate of drug-likeness (QED) is 0.820. The van der Waals surface area contributed by atoms with Crippen molar-refractivity contribution in [3.63, 3.8) is 0 Å². The van der Waals surface area contributed by atoms with E-state index in [0.717, 1.165) is 55.3 Å². The van der Waals surface area contributed by atoms with Gasteiger partial charge in [0.15, 0.2) is 4.90 Å². The Morgan fingerprint density at radius 3 is 2.54 bits per heavy atom. The lowest BCUT2D eigenvalue weighted by Crippen LogP contribution is -2.35. The molecule has 2 aromatic rings. The van der Waals surface area contributed by atoms with Crippen LogP contribution in [0.1, 0.15) is 48.1 Å². The number of ether oxygens (including phenoxy) is 1. The highest BCUT2D eigenvalue weighted by Gasteiger charge is 2.33. The summed E-state index contributed by atoms with van der Waals surface area (Å²) >= 11 is 0. The third kappa shape index (κ3) is 2.68. The van der Waals surface area contributed by atoms with Crippen LogP contribution in [0.15, 0.2) is 17.2 Å². The average Bonchev–Trinajstić information content (AvgIpc) is 3.38. The number of rotatable bonds is 3. The lowest BCUT2D eigenvalue weighted by Gasteiger charge is -2.16. The van der Waals surface area contributed by atoms with E-state index in [0.29, 0.717) is 6.61 Å². The Morgan fingerprint density at radius 1 is 1.18 bits per heavy atom. The summed E-state index contributed by atoms with van der Waals surface area (Å²) in [5.41, 5.74) is 5.65. The molecule has 5 rings (SSSR count). The normalized spacial score (nSPS) is 19.7. The minimum atomic E-state index is -4.08. The van der Waals surface area contributed by atoms with Gasteiger partial charge in [-0.25, -0.2) is 22.6 Å². The van der Waals surface area contributed by atoms with E-state index in [1.54, 1.807) is 0 Å². The van der Waals surface area contributed by atoms with E-state index in [1.165, 1.54) is 22.0 Å². The van der Waals surface area contributed by atoms with Crippen LogP contribution in [-0.4, -0.2) is 30.8 Å². The van der Waals surface area contributed by atoms with Gasteiger partial charge in [-0.2, -0.15) is 5.10 Å². The van der Waals surface area contributed by atoms with Gasteiger partial charge < -0.3 is 10.1 Å². The van der Waals surface area contributed by atoms with Crippen LogP contribution in [0, 0.1) is 0 Å². The van der Waals surface area contributed by atoms with Crippen molar-refractivity contribution in [2.45, 2.75) is 56.4 Å². The minimum absolute atomic E-state index is 0.0396. The van der Waals surface area contributed by atoms with Crippen molar-refractivity contribution in [3.05, 3.63) is 34.5 Å². The number of benzene rings is 1. The first-order chi connectivity index (χ1) is 13.4. The number of aromatic nitrogens is 2. The summed E-state index contributed by atoms with van der Waals surface area (Å²) in [5, 5.41) is 6.91. The van der Waals surface area contributed by atoms with Crippen molar-refractivity contribution in [2.75, 3.05) is 11.9 Å². The number of amides is 2. The Bertz CT molecular complexity index is 1060. The SMILES string of the molecule is CC1COc2c(S(=O)(=O)NC(=O)Nc3c4c(cc5c3CCC5)CCC4)cnn21. The van der Waals surface area contributed by atoms with Crippen LogP contribution >= 0.6 is 0 Å². The maximum Gasteiger partial charge on any atom is 0.333 e. The number of fused-ring (bicyclic) bond motifs is 3. The van der Waals surface area contributed by atoms with Gasteiger partial charge in [-0.05, 0) is 67.7 Å². The van der Waals surface area contributed by atoms with E-state index in [4.69, 9.17) is 4.74 Å². The van der Waals surface area contributed by atoms with Crippen LogP contribution in [-0.2, 0) is 35.7 Å². The number of urea groups is 1. The maximum absolute atomic E-state index is 12.7. The molecule has 2 aliphatic carbocycles. The van der Waals surface area contributed by atoms with E-state index in [1.807, 2.05) is 6.92 Å². The first-order valence-electron chi connectivity index (χ1n) is 9.64. The van der Waals surface area contributed by atoms with Gasteiger partial charge in [-0.1, -0.05) is 6.07 Å². The molecule has 1 unspecified atom stereocenters. The monoisotopic (exact) mass is 402 g/mol. The van der Waals surface area contributed by atoms with E-state index in [9.17, 15) is 13.2 Å². The number of anilines is 1. The van der Waals surface area contributed by atoms with Crippen LogP contribution in [0.4, 0.5) is 10.5 Å². The summed E-state index contributed by atoms with van der Waals surface area (Å²) in [7, 11) is -4.08. The fraction of sp³-hybridized carbons (Fsp3) is 0.474. The third-order valence-corrected chi connectivity index (χ3v) is 7.14. The molecule has 2 heterocycles. The lowest BCUT2D eigenvalue weighted by molar-refractivity contribution is 0.256. The Hall–Kier alpha value is -2.55. The zero-order valence-electron chi connectivity index (χ0n) is 15.6. The first kappa shape index (κ1) is 17.5. The van der Waals surface area contributed by atoms with Gasteiger partial charge in [0, 0.05) is 5.69 Å². The summed E-state index contributed by atoms with van der Waals surface area (Å²) in [5.74, 6) is 0.175. The molecule has 0 radical (unpaired) electrons. The molecule has 148 valence electrons. The van der Waals surface area contributed by atoms with Crippen LogP contribution in [0.2, 0.25) is 0 Å². The molecule has 2 N–H and O–H groups in total. The molecule has 1 atom stereocenters. The highest BCUT2D eigenvalue weighted by atomic mass is 32.2. The minimum Gasteiger partial charge on any atom is -0.475 e. The number of carbonyl (C=O) groups is 1. The molecule has 3 aliphatic rings. The summed E-state index contributed by atoms with van der Waals surface area (Å²) in [6, 6.07) is 1.47. The van der Waals surface area contributed by atoms with Gasteiger partial charge in [0.1, 0.15) is 6.61 Å². The standard InChI is InChI=1S/C19H22N4O4S/c1-11-10-27-18-16(9-20-23(11)18)28(25,26)22-19(24)21-17-14-6-2-4-12(14)8-13-5-3-7-15(13)17/h8-9,11H,2-7,10H2,1H3,(H2,21,22,24). The predicted molar refractivity (Wildman–Crippen MR) is 102 cm³/mol. The average molecular weight is 402 g/mol. The highest BCUT2D eigenvalue weighted by molar-refractivity contribution is 7.90. The van der Waals surface area contributed by atoms with Crippen LogP contribution in [0.5, 0.6) is 5.88 Å². The van der Waals surface area contributed by atoms with Crippen molar-refractivity contribution < 1.29 is 17.9 Å². The summed E-state index contributed by atoms with van der Waals surface area (Å²) in [6.07, 6.45) is 7.18. The molecule has 1 aromatic carbocycles. The summed E-state index contributed by atoms with van der Waals surface area (Å²) < 4.78 is 34.5. The molecule has 0 saturated carbocycles. The van der Waals surface area contributed by atoms with E-state index >= 15 is 0 Å². The van der Waals surface area contributed by atoms with Gasteiger partial charge >= 0.3 is 6.03 Å². The number of nitrogens with zero attached hydrogens (tertiary/aromatic N) is 2. The molecule has 1 aromatic heterocycles. The maximum atomic E-state index is 12.7. The summed E-state index contributed by atoms with van der Waals surface area (Å²) in [6.45, 7) is 2.25. The molecule has 9 heteroatoms. The van der Waals surface area contributed by atoms with Crippen molar-refractivity contribution in [2.24, 2.45) is 0 Å². The molecule has 0 spiro atoms. The zero-order valence-corrected chi connectivity index (χ0v) is 16.4. The largest absolute Gasteiger partial charge is 0.475 e. The van der Waals surface area contributed by atoms with E-state index in [-0.39, 0.29) is 16.8 Å². The second-order valence-electron chi connectivity index (χ2n) is 7.71. The molecule has 28 heavy (non-hydrogen) atoms. The fourth-order valence-corrected chi connectivity index (χ4v) is 5.50. The number of sulfonamides is 1. The molecule has 0 bridgehead atoms. The topological polar surface area (TPSA) is 102 Å². The zero-order chi connectivity index (χ0) is 19.5. The Labute approximate surface area is 163 Å². The molecule has 0 fully saturated rings. The molecule has 2 amide bonds. The fourth-order valence-electron chi connectivity index (χ4n) is 4.52. The van der Waals surface area contributed by atoms with Crippen molar-refractivity contribution in [1.29, 1.82) is 0 Å². The smallest absolute Gasteiger partial charge is 0.333 e. The van der Waals surface area contributed by atoms with Gasteiger partial charge in [0.25, 0.3) is 10.0 Å². The Morgan fingerprint density at radius 2 is 1.86 bits per heavy atom. The van der Waals surface area contributed by atoms with E-state index in [2.05, 4.69) is 21.2 Å². The lowest BCUT2D eigenvalue weighted by atomic mass is 9.99. The number of hydrogen-bond acceptors (Lipinski definition) is 5. The number of aryl methyl sites for hydroxylation is 2. The number of carbonyl (C=O) groups excluding carboxylic acids is 1. The highest BCUT2D eigenvalue weighted by Crippen LogP contribution is 2.38. The van der Waals surface area contributed by atoms with Crippen molar-refractivity contribution in [1.82, 2.24) is 14.5 Å². The molecule has 1 aliphatic heterocycles. The van der Waals surface area contributed by atoms with Crippen LogP contribution in [0.25, 0.3) is 0 Å². The molecule has 0 saturated heterocycles. The van der Waals surface area contributed by atoms with Gasteiger partial charge in [-0.3, -0.25) is 0 Å². The summed E-state index contributed by atoms with van der Waals surface area (Å²) in [4.78, 5) is 12.5. The third-order valence-electron chi connectivity index (χ3n) is 5.83. The Kier molecular flexibility index (Phi) is 3.90. The van der Waals surface area contributed by atoms with E-state index < -0.39 is 16.1 Å². The van der Waals surface area contributed by atoms with Gasteiger partial charge in [0.05, 0.1) is 12.2 Å². The van der Waals surface area contributed by atoms with Crippen molar-refractivity contribution >= 4 is 21.7 Å². The van der Waals surface area contributed by atoms with Gasteiger partial charge in [-0.15, -0.1) is 0 Å². The molecule has 8 nitrogen and oxygen atoms in total. The number of hydrogen-bond donors (Lipinski definition) is 2. The van der Waals surface area contributed by atoms with Gasteiger partial charge in [0.2, 0.25) is 5.88 Å². The van der Waals surface area contributed by atoms with Crippen LogP contribution < -0.4 is 14.8 Å². The first-order valence-corrected chi connectivity index (χ1v) is 11.1. The predicted octanol–water partition coefficient (Wildman–Crippen LogP) is 2.32. The number of nitrogens with one attached hydrogen (secondary N) is 2. The second kappa shape index (κ2) is 6.23. The van der Waals surface area contributed by atoms with Crippen molar-refractivity contribution in [3.8, 4) is 5.88 Å². The Balaban J connectivity index is 1.41. The molecular formula is C19H22N4O4S. The second-order valence-corrected chi connectivity index (χ2v) is 9.36.